The zero-order valence-corrected chi connectivity index (χ0v) is 15.0. The molecule has 0 radical (unpaired) electrons. The van der Waals surface area contributed by atoms with Crippen molar-refractivity contribution in [2.24, 2.45) is 11.3 Å². The van der Waals surface area contributed by atoms with E-state index in [2.05, 4.69) is 10.3 Å². The van der Waals surface area contributed by atoms with E-state index < -0.39 is 11.4 Å². The number of hydrogen-bond acceptors (Lipinski definition) is 4. The van der Waals surface area contributed by atoms with Gasteiger partial charge in [-0.2, -0.15) is 0 Å². The Morgan fingerprint density at radius 2 is 1.96 bits per heavy atom. The lowest BCUT2D eigenvalue weighted by atomic mass is 9.81. The van der Waals surface area contributed by atoms with Crippen molar-refractivity contribution in [2.75, 3.05) is 13.1 Å². The lowest BCUT2D eigenvalue weighted by molar-refractivity contribution is -0.149. The third kappa shape index (κ3) is 2.41. The van der Waals surface area contributed by atoms with Crippen LogP contribution < -0.4 is 0 Å². The van der Waals surface area contributed by atoms with E-state index in [9.17, 15) is 14.7 Å². The van der Waals surface area contributed by atoms with Gasteiger partial charge in [0.05, 0.1) is 16.8 Å². The number of carbonyl (C=O) groups is 2. The molecule has 2 aromatic rings. The van der Waals surface area contributed by atoms with Crippen LogP contribution in [0, 0.1) is 25.2 Å². The maximum Gasteiger partial charge on any atom is 0.311 e. The van der Waals surface area contributed by atoms with E-state index in [0.29, 0.717) is 24.4 Å². The zero-order chi connectivity index (χ0) is 18.5. The Balaban J connectivity index is 1.60. The molecular weight excluding hydrogens is 332 g/mol. The summed E-state index contributed by atoms with van der Waals surface area (Å²) >= 11 is 0. The third-order valence-electron chi connectivity index (χ3n) is 5.96. The minimum atomic E-state index is -0.782. The molecule has 7 heteroatoms. The molecule has 136 valence electrons. The van der Waals surface area contributed by atoms with Crippen LogP contribution in [-0.2, 0) is 4.79 Å². The summed E-state index contributed by atoms with van der Waals surface area (Å²) in [6.07, 6.45) is 2.43. The minimum Gasteiger partial charge on any atom is -0.481 e. The van der Waals surface area contributed by atoms with Crippen LogP contribution in [0.15, 0.2) is 24.3 Å². The van der Waals surface area contributed by atoms with E-state index in [1.807, 2.05) is 38.1 Å². The molecule has 1 aromatic heterocycles. The molecule has 0 unspecified atom stereocenters. The van der Waals surface area contributed by atoms with Gasteiger partial charge in [0.15, 0.2) is 5.69 Å². The average Bonchev–Trinajstić information content (AvgIpc) is 3.27. The normalized spacial score (nSPS) is 24.7. The standard InChI is InChI=1S/C19H22N4O3/c1-12-5-7-15(8-6-12)23-13(2)16(20-21-23)17(24)22-10-14-4-3-9-19(14,11-22)18(25)26/h5-8,14H,3-4,9-11H2,1-2H3,(H,25,26)/t14-,19+/m0/s1. The fourth-order valence-corrected chi connectivity index (χ4v) is 4.40. The number of aliphatic carboxylic acids is 1. The minimum absolute atomic E-state index is 0.0383. The van der Waals surface area contributed by atoms with E-state index in [4.69, 9.17) is 0 Å². The molecule has 2 heterocycles. The number of likely N-dealkylation sites (tertiary alicyclic amines) is 1. The van der Waals surface area contributed by atoms with Crippen LogP contribution in [0.5, 0.6) is 0 Å². The first-order valence-corrected chi connectivity index (χ1v) is 8.94. The Labute approximate surface area is 151 Å². The van der Waals surface area contributed by atoms with Crippen molar-refractivity contribution in [1.29, 1.82) is 0 Å². The van der Waals surface area contributed by atoms with Gasteiger partial charge in [-0.3, -0.25) is 9.59 Å². The summed E-state index contributed by atoms with van der Waals surface area (Å²) in [4.78, 5) is 26.5. The Hall–Kier alpha value is -2.70. The highest BCUT2D eigenvalue weighted by Gasteiger charge is 2.56. The molecule has 1 amide bonds. The molecular formula is C19H22N4O3. The predicted molar refractivity (Wildman–Crippen MR) is 94.1 cm³/mol. The number of amides is 1. The third-order valence-corrected chi connectivity index (χ3v) is 5.96. The highest BCUT2D eigenvalue weighted by atomic mass is 16.4. The molecule has 2 fully saturated rings. The number of benzene rings is 1. The lowest BCUT2D eigenvalue weighted by Crippen LogP contribution is -2.37. The quantitative estimate of drug-likeness (QED) is 0.913. The molecule has 1 saturated carbocycles. The highest BCUT2D eigenvalue weighted by Crippen LogP contribution is 2.49. The molecule has 4 rings (SSSR count). The first kappa shape index (κ1) is 16.8. The number of carboxylic acid groups (broad SMARTS) is 1. The van der Waals surface area contributed by atoms with Crippen molar-refractivity contribution in [3.05, 3.63) is 41.2 Å². The monoisotopic (exact) mass is 354 g/mol. The Morgan fingerprint density at radius 1 is 1.23 bits per heavy atom. The molecule has 26 heavy (non-hydrogen) atoms. The Morgan fingerprint density at radius 3 is 2.62 bits per heavy atom. The van der Waals surface area contributed by atoms with Gasteiger partial charge in [-0.25, -0.2) is 4.68 Å². The number of aryl methyl sites for hydroxylation is 1. The number of carboxylic acids is 1. The molecule has 1 saturated heterocycles. The number of nitrogens with zero attached hydrogens (tertiary/aromatic N) is 4. The summed E-state index contributed by atoms with van der Waals surface area (Å²) in [6.45, 7) is 4.58. The molecule has 7 nitrogen and oxygen atoms in total. The fraction of sp³-hybridized carbons (Fsp3) is 0.474. The molecule has 0 bridgehead atoms. The van der Waals surface area contributed by atoms with E-state index in [1.165, 1.54) is 0 Å². The molecule has 2 atom stereocenters. The fourth-order valence-electron chi connectivity index (χ4n) is 4.40. The number of fused-ring (bicyclic) bond motifs is 1. The predicted octanol–water partition coefficient (Wildman–Crippen LogP) is 2.21. The van der Waals surface area contributed by atoms with Gasteiger partial charge in [0.25, 0.3) is 5.91 Å². The van der Waals surface area contributed by atoms with E-state index in [1.54, 1.807) is 9.58 Å². The SMILES string of the molecule is Cc1ccc(-n2nnc(C(=O)N3C[C@@H]4CCC[C@@]4(C(=O)O)C3)c2C)cc1. The van der Waals surface area contributed by atoms with Crippen molar-refractivity contribution in [1.82, 2.24) is 19.9 Å². The molecule has 2 aliphatic rings. The van der Waals surface area contributed by atoms with Crippen molar-refractivity contribution in [2.45, 2.75) is 33.1 Å². The molecule has 1 aliphatic heterocycles. The first-order chi connectivity index (χ1) is 12.4. The van der Waals surface area contributed by atoms with Gasteiger partial charge in [0, 0.05) is 13.1 Å². The second kappa shape index (κ2) is 5.93. The largest absolute Gasteiger partial charge is 0.481 e. The van der Waals surface area contributed by atoms with Gasteiger partial charge in [-0.15, -0.1) is 5.10 Å². The summed E-state index contributed by atoms with van der Waals surface area (Å²) in [5.41, 5.74) is 2.17. The van der Waals surface area contributed by atoms with Gasteiger partial charge >= 0.3 is 5.97 Å². The maximum absolute atomic E-state index is 13.0. The highest BCUT2D eigenvalue weighted by molar-refractivity contribution is 5.94. The smallest absolute Gasteiger partial charge is 0.311 e. The molecule has 0 spiro atoms. The van der Waals surface area contributed by atoms with Crippen LogP contribution in [0.4, 0.5) is 0 Å². The molecule has 1 N–H and O–H groups in total. The van der Waals surface area contributed by atoms with Gasteiger partial charge in [0.2, 0.25) is 0 Å². The number of carbonyl (C=O) groups excluding carboxylic acids is 1. The van der Waals surface area contributed by atoms with E-state index in [0.717, 1.165) is 24.1 Å². The van der Waals surface area contributed by atoms with Crippen LogP contribution in [0.1, 0.15) is 41.0 Å². The second-order valence-electron chi connectivity index (χ2n) is 7.51. The van der Waals surface area contributed by atoms with Crippen molar-refractivity contribution < 1.29 is 14.7 Å². The second-order valence-corrected chi connectivity index (χ2v) is 7.51. The number of aromatic nitrogens is 3. The Kier molecular flexibility index (Phi) is 3.82. The van der Waals surface area contributed by atoms with Gasteiger partial charge < -0.3 is 10.0 Å². The van der Waals surface area contributed by atoms with Crippen molar-refractivity contribution in [3.63, 3.8) is 0 Å². The Bertz CT molecular complexity index is 873. The van der Waals surface area contributed by atoms with Crippen LogP contribution in [0.3, 0.4) is 0 Å². The van der Waals surface area contributed by atoms with Crippen molar-refractivity contribution in [3.8, 4) is 5.69 Å². The van der Waals surface area contributed by atoms with E-state index in [-0.39, 0.29) is 18.4 Å². The van der Waals surface area contributed by atoms with Crippen LogP contribution >= 0.6 is 0 Å². The molecule has 1 aromatic carbocycles. The van der Waals surface area contributed by atoms with Crippen LogP contribution in [0.2, 0.25) is 0 Å². The summed E-state index contributed by atoms with van der Waals surface area (Å²) in [7, 11) is 0. The summed E-state index contributed by atoms with van der Waals surface area (Å²) in [6, 6.07) is 7.84. The van der Waals surface area contributed by atoms with Crippen LogP contribution in [0.25, 0.3) is 5.69 Å². The first-order valence-electron chi connectivity index (χ1n) is 8.94. The summed E-state index contributed by atoms with van der Waals surface area (Å²) in [5, 5.41) is 17.9. The number of rotatable bonds is 3. The summed E-state index contributed by atoms with van der Waals surface area (Å²) in [5.74, 6) is -0.970. The lowest BCUT2D eigenvalue weighted by Gasteiger charge is -2.23. The van der Waals surface area contributed by atoms with Crippen LogP contribution in [-0.4, -0.2) is 50.0 Å². The topological polar surface area (TPSA) is 88.3 Å². The maximum atomic E-state index is 13.0. The van der Waals surface area contributed by atoms with Gasteiger partial charge in [-0.1, -0.05) is 29.3 Å². The van der Waals surface area contributed by atoms with Crippen molar-refractivity contribution >= 4 is 11.9 Å². The van der Waals surface area contributed by atoms with E-state index >= 15 is 0 Å². The molecule has 1 aliphatic carbocycles. The summed E-state index contributed by atoms with van der Waals surface area (Å²) < 4.78 is 1.65. The van der Waals surface area contributed by atoms with Gasteiger partial charge in [-0.05, 0) is 44.7 Å². The zero-order valence-electron chi connectivity index (χ0n) is 15.0. The average molecular weight is 354 g/mol. The number of hydrogen-bond donors (Lipinski definition) is 1. The van der Waals surface area contributed by atoms with Gasteiger partial charge in [0.1, 0.15) is 0 Å².